The van der Waals surface area contributed by atoms with Crippen LogP contribution in [0.2, 0.25) is 0 Å². The molecule has 0 aliphatic heterocycles. The van der Waals surface area contributed by atoms with Gasteiger partial charge in [0.1, 0.15) is 0 Å². The van der Waals surface area contributed by atoms with Crippen molar-refractivity contribution >= 4 is 12.3 Å². The summed E-state index contributed by atoms with van der Waals surface area (Å²) in [5, 5.41) is 32.0. The van der Waals surface area contributed by atoms with Gasteiger partial charge in [-0.3, -0.25) is 0 Å². The van der Waals surface area contributed by atoms with Crippen LogP contribution in [0.4, 0.5) is 9.59 Å². The predicted molar refractivity (Wildman–Crippen MR) is 13.4 cm³/mol. The average Bonchev–Trinajstić information content (AvgIpc) is 1.25. The van der Waals surface area contributed by atoms with Crippen molar-refractivity contribution in [2.45, 2.75) is 0 Å². The van der Waals surface area contributed by atoms with Gasteiger partial charge in [0.15, 0.2) is 0 Å². The zero-order valence-electron chi connectivity index (χ0n) is 4.87. The standard InChI is InChI=1S/2CH2O3.Li.Mn/c2*2-1(3)4;;/h2*(H2,2,3,4);;/q;;+1;+2/p-3. The Labute approximate surface area is 78.5 Å². The number of carbonyl (C=O) groups is 2. The van der Waals surface area contributed by atoms with Crippen LogP contribution in [-0.2, 0) is 17.1 Å². The maximum absolute atomic E-state index is 8.44. The minimum atomic E-state index is -2.33. The normalized spacial score (nSPS) is 4.80. The number of hydrogen-bond donors (Lipinski definition) is 1. The summed E-state index contributed by atoms with van der Waals surface area (Å²) in [6.45, 7) is 0. The Balaban J connectivity index is -0.0000000300. The van der Waals surface area contributed by atoms with E-state index in [9.17, 15) is 0 Å². The number of carbonyl (C=O) groups excluding carboxylic acids is 1. The third kappa shape index (κ3) is 2880. The van der Waals surface area contributed by atoms with Crippen molar-refractivity contribution in [3.63, 3.8) is 0 Å². The van der Waals surface area contributed by atoms with Crippen molar-refractivity contribution < 1.29 is 65.9 Å². The van der Waals surface area contributed by atoms with E-state index in [1.807, 2.05) is 0 Å². The molecule has 0 aromatic carbocycles. The van der Waals surface area contributed by atoms with E-state index in [0.29, 0.717) is 0 Å². The van der Waals surface area contributed by atoms with Gasteiger partial charge in [0, 0.05) is 0 Å². The number of hydrogen-bond acceptors (Lipinski definition) is 5. The van der Waals surface area contributed by atoms with E-state index in [0.717, 1.165) is 0 Å². The molecule has 10 heavy (non-hydrogen) atoms. The molecule has 0 bridgehead atoms. The molecule has 0 amide bonds. The van der Waals surface area contributed by atoms with Gasteiger partial charge in [-0.05, 0) is 6.16 Å². The van der Waals surface area contributed by atoms with Crippen LogP contribution < -0.4 is 34.2 Å². The second-order valence-corrected chi connectivity index (χ2v) is 0.516. The average molecular weight is 183 g/mol. The van der Waals surface area contributed by atoms with Crippen molar-refractivity contribution in [2.24, 2.45) is 0 Å². The molecule has 0 saturated carbocycles. The Kier molecular flexibility index (Phi) is 35.9. The Hall–Kier alpha value is -0.343. The summed E-state index contributed by atoms with van der Waals surface area (Å²) in [7, 11) is 0. The molecule has 0 fully saturated rings. The summed E-state index contributed by atoms with van der Waals surface area (Å²) < 4.78 is 0. The van der Waals surface area contributed by atoms with Crippen molar-refractivity contribution in [2.75, 3.05) is 0 Å². The Morgan fingerprint density at radius 3 is 1.10 bits per heavy atom. The maximum atomic E-state index is 8.44. The summed E-state index contributed by atoms with van der Waals surface area (Å²) in [5.41, 5.74) is 0. The van der Waals surface area contributed by atoms with Crippen molar-refractivity contribution in [1.82, 2.24) is 0 Å². The molecule has 0 spiro atoms. The van der Waals surface area contributed by atoms with E-state index in [4.69, 9.17) is 30.0 Å². The third-order valence-corrected chi connectivity index (χ3v) is 0. The Morgan fingerprint density at radius 2 is 1.10 bits per heavy atom. The summed E-state index contributed by atoms with van der Waals surface area (Å²) in [5.74, 6) is 0. The van der Waals surface area contributed by atoms with Gasteiger partial charge in [-0.25, -0.2) is 0 Å². The molecule has 8 heteroatoms. The van der Waals surface area contributed by atoms with Gasteiger partial charge < -0.3 is 30.0 Å². The second-order valence-electron chi connectivity index (χ2n) is 0.516. The van der Waals surface area contributed by atoms with Gasteiger partial charge in [-0.1, -0.05) is 0 Å². The van der Waals surface area contributed by atoms with Gasteiger partial charge in [0.25, 0.3) is 0 Å². The predicted octanol–water partition coefficient (Wildman–Crippen LogP) is -6.56. The van der Waals surface area contributed by atoms with Crippen LogP contribution in [0, 0.1) is 0 Å². The Morgan fingerprint density at radius 1 is 1.10 bits per heavy atom. The molecule has 0 heterocycles. The van der Waals surface area contributed by atoms with Gasteiger partial charge >= 0.3 is 35.9 Å². The van der Waals surface area contributed by atoms with E-state index in [1.54, 1.807) is 0 Å². The summed E-state index contributed by atoms with van der Waals surface area (Å²) in [6, 6.07) is 0. The molecule has 0 aliphatic rings. The molecule has 0 rings (SSSR count). The number of carboxylic acid groups (broad SMARTS) is 4. The van der Waals surface area contributed by atoms with E-state index >= 15 is 0 Å². The van der Waals surface area contributed by atoms with Crippen molar-refractivity contribution in [1.29, 1.82) is 0 Å². The third-order valence-electron chi connectivity index (χ3n) is 0. The Bertz CT molecular complexity index is 73.7. The SMILES string of the molecule is O=C([O-])O.O=C([O-])[O-].[Li+].[Mn+2]. The quantitative estimate of drug-likeness (QED) is 0.372. The summed E-state index contributed by atoms with van der Waals surface area (Å²) >= 11 is 0. The molecule has 53 valence electrons. The topological polar surface area (TPSA) is 124 Å². The fourth-order valence-corrected chi connectivity index (χ4v) is 0. The molecule has 1 N–H and O–H groups in total. The maximum Gasteiger partial charge on any atom is 2.00 e. The van der Waals surface area contributed by atoms with Crippen LogP contribution in [0.5, 0.6) is 0 Å². The zero-order chi connectivity index (χ0) is 7.15. The molecule has 1 radical (unpaired) electrons. The van der Waals surface area contributed by atoms with Crippen LogP contribution in [0.1, 0.15) is 0 Å². The smallest absolute Gasteiger partial charge is 0.652 e. The minimum Gasteiger partial charge on any atom is -0.652 e. The minimum absolute atomic E-state index is 0. The fraction of sp³-hybridized carbons (Fsp3) is 0. The monoisotopic (exact) mass is 183 g/mol. The van der Waals surface area contributed by atoms with Gasteiger partial charge in [0.05, 0.1) is 0 Å². The fourth-order valence-electron chi connectivity index (χ4n) is 0. The first kappa shape index (κ1) is 22.6. The second kappa shape index (κ2) is 15.9. The van der Waals surface area contributed by atoms with Crippen LogP contribution in [0.25, 0.3) is 0 Å². The largest absolute Gasteiger partial charge is 2.00 e. The van der Waals surface area contributed by atoms with E-state index in [2.05, 4.69) is 0 Å². The summed E-state index contributed by atoms with van der Waals surface area (Å²) in [4.78, 5) is 16.8. The van der Waals surface area contributed by atoms with E-state index < -0.39 is 12.3 Å². The van der Waals surface area contributed by atoms with E-state index in [1.165, 1.54) is 0 Å². The molecular formula is C2HLiMnO6. The van der Waals surface area contributed by atoms with Gasteiger partial charge in [-0.15, -0.1) is 0 Å². The van der Waals surface area contributed by atoms with Crippen LogP contribution in [-0.4, -0.2) is 17.4 Å². The molecule has 0 saturated heterocycles. The first-order valence-corrected chi connectivity index (χ1v) is 1.24. The molecule has 0 atom stereocenters. The zero-order valence-corrected chi connectivity index (χ0v) is 6.05. The molecule has 0 aromatic rings. The van der Waals surface area contributed by atoms with Crippen molar-refractivity contribution in [3.05, 3.63) is 0 Å². The van der Waals surface area contributed by atoms with Crippen molar-refractivity contribution in [3.8, 4) is 0 Å². The van der Waals surface area contributed by atoms with E-state index in [-0.39, 0.29) is 35.9 Å². The first-order chi connectivity index (χ1) is 3.46. The number of rotatable bonds is 0. The molecule has 0 unspecified atom stereocenters. The molecule has 0 aliphatic carbocycles. The molecule has 0 aromatic heterocycles. The molecule has 6 nitrogen and oxygen atoms in total. The van der Waals surface area contributed by atoms with Crippen LogP contribution in [0.15, 0.2) is 0 Å². The van der Waals surface area contributed by atoms with Crippen LogP contribution in [0.3, 0.4) is 0 Å². The summed E-state index contributed by atoms with van der Waals surface area (Å²) in [6.07, 6.45) is -4.42. The first-order valence-electron chi connectivity index (χ1n) is 1.24. The molecular weight excluding hydrogens is 182 g/mol. The van der Waals surface area contributed by atoms with Crippen LogP contribution >= 0.6 is 0 Å². The van der Waals surface area contributed by atoms with Gasteiger partial charge in [-0.2, -0.15) is 0 Å². The van der Waals surface area contributed by atoms with Gasteiger partial charge in [0.2, 0.25) is 6.16 Å².